The Labute approximate surface area is 116 Å². The van der Waals surface area contributed by atoms with Crippen LogP contribution in [-0.4, -0.2) is 12.4 Å². The van der Waals surface area contributed by atoms with Crippen molar-refractivity contribution >= 4 is 23.5 Å². The van der Waals surface area contributed by atoms with Crippen molar-refractivity contribution in [2.45, 2.75) is 0 Å². The molecule has 0 aromatic heterocycles. The molecular weight excluding hydrogens is 260 g/mol. The maximum absolute atomic E-state index is 12.4. The van der Waals surface area contributed by atoms with E-state index >= 15 is 0 Å². The van der Waals surface area contributed by atoms with Gasteiger partial charge in [0, 0.05) is 5.57 Å². The molecule has 1 aliphatic rings. The fraction of sp³-hybridized carbons (Fsp3) is 0.0625. The van der Waals surface area contributed by atoms with Gasteiger partial charge in [0.25, 0.3) is 0 Å². The SMILES string of the molecule is O=C1/C(=C/c2ccccc2)COc2c(Cl)cccc21. The smallest absolute Gasteiger partial charge is 0.196 e. The van der Waals surface area contributed by atoms with E-state index in [0.717, 1.165) is 5.56 Å². The van der Waals surface area contributed by atoms with Crippen LogP contribution in [-0.2, 0) is 0 Å². The third-order valence-corrected chi connectivity index (χ3v) is 3.31. The van der Waals surface area contributed by atoms with E-state index in [4.69, 9.17) is 16.3 Å². The maximum atomic E-state index is 12.4. The lowest BCUT2D eigenvalue weighted by Crippen LogP contribution is -2.19. The number of carbonyl (C=O) groups is 1. The summed E-state index contributed by atoms with van der Waals surface area (Å²) >= 11 is 6.02. The minimum atomic E-state index is -0.0207. The molecule has 1 aliphatic heterocycles. The van der Waals surface area contributed by atoms with E-state index < -0.39 is 0 Å². The van der Waals surface area contributed by atoms with Gasteiger partial charge in [0.2, 0.25) is 0 Å². The standard InChI is InChI=1S/C16H11ClO2/c17-14-8-4-7-13-15(18)12(10-19-16(13)14)9-11-5-2-1-3-6-11/h1-9H,10H2/b12-9+. The molecule has 0 amide bonds. The summed E-state index contributed by atoms with van der Waals surface area (Å²) in [5, 5.41) is 0.476. The molecule has 19 heavy (non-hydrogen) atoms. The van der Waals surface area contributed by atoms with Crippen LogP contribution in [0.25, 0.3) is 6.08 Å². The number of ketones is 1. The largest absolute Gasteiger partial charge is 0.486 e. The van der Waals surface area contributed by atoms with Crippen molar-refractivity contribution in [2.24, 2.45) is 0 Å². The molecule has 0 aliphatic carbocycles. The second kappa shape index (κ2) is 4.90. The average Bonchev–Trinajstić information content (AvgIpc) is 2.44. The van der Waals surface area contributed by atoms with E-state index in [-0.39, 0.29) is 12.4 Å². The molecule has 2 aromatic carbocycles. The predicted molar refractivity (Wildman–Crippen MR) is 75.7 cm³/mol. The Morgan fingerprint density at radius 1 is 1.05 bits per heavy atom. The van der Waals surface area contributed by atoms with Crippen LogP contribution in [0.1, 0.15) is 15.9 Å². The number of ether oxygens (including phenoxy) is 1. The summed E-state index contributed by atoms with van der Waals surface area (Å²) < 4.78 is 5.59. The number of fused-ring (bicyclic) bond motifs is 1. The van der Waals surface area contributed by atoms with Gasteiger partial charge >= 0.3 is 0 Å². The average molecular weight is 271 g/mol. The number of rotatable bonds is 1. The number of Topliss-reactive ketones (excluding diaryl/α,β-unsaturated/α-hetero) is 1. The van der Waals surface area contributed by atoms with Gasteiger partial charge in [0.1, 0.15) is 12.4 Å². The van der Waals surface area contributed by atoms with E-state index in [0.29, 0.717) is 21.9 Å². The summed E-state index contributed by atoms with van der Waals surface area (Å²) in [4.78, 5) is 12.4. The van der Waals surface area contributed by atoms with Crippen LogP contribution in [0, 0.1) is 0 Å². The Bertz CT molecular complexity index is 660. The van der Waals surface area contributed by atoms with Crippen molar-refractivity contribution in [3.8, 4) is 5.75 Å². The van der Waals surface area contributed by atoms with E-state index in [1.54, 1.807) is 18.2 Å². The summed E-state index contributed by atoms with van der Waals surface area (Å²) in [6.45, 7) is 0.254. The molecule has 0 N–H and O–H groups in total. The van der Waals surface area contributed by atoms with Crippen molar-refractivity contribution in [1.82, 2.24) is 0 Å². The van der Waals surface area contributed by atoms with Gasteiger partial charge in [0.05, 0.1) is 10.6 Å². The zero-order valence-corrected chi connectivity index (χ0v) is 10.9. The minimum Gasteiger partial charge on any atom is -0.486 e. The number of hydrogen-bond acceptors (Lipinski definition) is 2. The van der Waals surface area contributed by atoms with E-state index in [1.165, 1.54) is 0 Å². The number of halogens is 1. The second-order valence-electron chi connectivity index (χ2n) is 4.31. The van der Waals surface area contributed by atoms with Crippen LogP contribution in [0.4, 0.5) is 0 Å². The highest BCUT2D eigenvalue weighted by Crippen LogP contribution is 2.34. The summed E-state index contributed by atoms with van der Waals surface area (Å²) in [6.07, 6.45) is 1.85. The normalized spacial score (nSPS) is 16.1. The van der Waals surface area contributed by atoms with Crippen LogP contribution >= 0.6 is 11.6 Å². The van der Waals surface area contributed by atoms with Crippen molar-refractivity contribution in [2.75, 3.05) is 6.61 Å². The van der Waals surface area contributed by atoms with Crippen LogP contribution in [0.15, 0.2) is 54.1 Å². The quantitative estimate of drug-likeness (QED) is 0.732. The first-order chi connectivity index (χ1) is 9.25. The molecule has 3 heteroatoms. The highest BCUT2D eigenvalue weighted by Gasteiger charge is 2.24. The molecule has 0 spiro atoms. The molecule has 0 radical (unpaired) electrons. The number of para-hydroxylation sites is 1. The van der Waals surface area contributed by atoms with Gasteiger partial charge in [-0.2, -0.15) is 0 Å². The molecule has 0 saturated carbocycles. The Morgan fingerprint density at radius 2 is 1.84 bits per heavy atom. The van der Waals surface area contributed by atoms with Crippen molar-refractivity contribution in [3.63, 3.8) is 0 Å². The predicted octanol–water partition coefficient (Wildman–Crippen LogP) is 4.00. The molecule has 0 bridgehead atoms. The van der Waals surface area contributed by atoms with Gasteiger partial charge in [-0.15, -0.1) is 0 Å². The fourth-order valence-corrected chi connectivity index (χ4v) is 2.31. The lowest BCUT2D eigenvalue weighted by molar-refractivity contribution is 0.100. The van der Waals surface area contributed by atoms with Gasteiger partial charge in [0.15, 0.2) is 5.78 Å². The first-order valence-electron chi connectivity index (χ1n) is 5.97. The summed E-state index contributed by atoms with van der Waals surface area (Å²) in [5.41, 5.74) is 2.15. The molecule has 0 atom stereocenters. The molecule has 2 nitrogen and oxygen atoms in total. The number of carbonyl (C=O) groups excluding carboxylic acids is 1. The molecule has 0 saturated heterocycles. The van der Waals surface area contributed by atoms with Crippen LogP contribution in [0.2, 0.25) is 5.02 Å². The number of benzene rings is 2. The van der Waals surface area contributed by atoms with Gasteiger partial charge < -0.3 is 4.74 Å². The van der Waals surface area contributed by atoms with E-state index in [2.05, 4.69) is 0 Å². The molecule has 2 aromatic rings. The molecular formula is C16H11ClO2. The fourth-order valence-electron chi connectivity index (χ4n) is 2.08. The Balaban J connectivity index is 2.01. The Morgan fingerprint density at radius 3 is 2.63 bits per heavy atom. The summed E-state index contributed by atoms with van der Waals surface area (Å²) in [5.74, 6) is 0.465. The van der Waals surface area contributed by atoms with Gasteiger partial charge in [-0.25, -0.2) is 0 Å². The third kappa shape index (κ3) is 2.27. The molecule has 0 fully saturated rings. The highest BCUT2D eigenvalue weighted by atomic mass is 35.5. The molecule has 1 heterocycles. The van der Waals surface area contributed by atoms with E-state index in [9.17, 15) is 4.79 Å². The van der Waals surface area contributed by atoms with Crippen LogP contribution in [0.5, 0.6) is 5.75 Å². The van der Waals surface area contributed by atoms with Gasteiger partial charge in [-0.3, -0.25) is 4.79 Å². The first-order valence-corrected chi connectivity index (χ1v) is 6.35. The van der Waals surface area contributed by atoms with Crippen molar-refractivity contribution < 1.29 is 9.53 Å². The first kappa shape index (κ1) is 12.0. The van der Waals surface area contributed by atoms with Crippen molar-refractivity contribution in [1.29, 1.82) is 0 Å². The van der Waals surface area contributed by atoms with Gasteiger partial charge in [-0.1, -0.05) is 48.0 Å². The summed E-state index contributed by atoms with van der Waals surface area (Å²) in [7, 11) is 0. The molecule has 94 valence electrons. The zero-order valence-electron chi connectivity index (χ0n) is 10.1. The molecule has 3 rings (SSSR count). The third-order valence-electron chi connectivity index (χ3n) is 3.02. The van der Waals surface area contributed by atoms with Crippen LogP contribution in [0.3, 0.4) is 0 Å². The lowest BCUT2D eigenvalue weighted by Gasteiger charge is -2.19. The maximum Gasteiger partial charge on any atom is 0.196 e. The zero-order chi connectivity index (χ0) is 13.2. The summed E-state index contributed by atoms with van der Waals surface area (Å²) in [6, 6.07) is 14.9. The lowest BCUT2D eigenvalue weighted by atomic mass is 9.98. The van der Waals surface area contributed by atoms with Crippen molar-refractivity contribution in [3.05, 3.63) is 70.3 Å². The topological polar surface area (TPSA) is 26.3 Å². The van der Waals surface area contributed by atoms with E-state index in [1.807, 2.05) is 36.4 Å². The second-order valence-corrected chi connectivity index (χ2v) is 4.72. The Hall–Kier alpha value is -2.06. The number of hydrogen-bond donors (Lipinski definition) is 0. The molecule has 0 unspecified atom stereocenters. The van der Waals surface area contributed by atoms with Gasteiger partial charge in [-0.05, 0) is 23.8 Å². The van der Waals surface area contributed by atoms with Crippen LogP contribution < -0.4 is 4.74 Å². The monoisotopic (exact) mass is 270 g/mol. The highest BCUT2D eigenvalue weighted by molar-refractivity contribution is 6.33. The minimum absolute atomic E-state index is 0.0207. The Kier molecular flexibility index (Phi) is 3.10.